The Kier molecular flexibility index (Phi) is 1.74. The molecule has 0 bridgehead atoms. The monoisotopic (exact) mass is 161 g/mol. The maximum Gasteiger partial charge on any atom is 0.130 e. The van der Waals surface area contributed by atoms with Crippen LogP contribution in [0.5, 0.6) is 0 Å². The van der Waals surface area contributed by atoms with Crippen LogP contribution in [0.1, 0.15) is 11.5 Å². The van der Waals surface area contributed by atoms with Crippen LogP contribution in [0.25, 0.3) is 12.2 Å². The molecule has 0 radical (unpaired) electrons. The van der Waals surface area contributed by atoms with Gasteiger partial charge in [-0.1, -0.05) is 5.16 Å². The fraction of sp³-hybridized carbons (Fsp3) is 0. The molecule has 0 aliphatic rings. The van der Waals surface area contributed by atoms with Crippen molar-refractivity contribution in [2.75, 3.05) is 0 Å². The fourth-order valence-corrected chi connectivity index (χ4v) is 0.841. The molecule has 60 valence electrons. The molecule has 2 heterocycles. The van der Waals surface area contributed by atoms with Crippen molar-refractivity contribution in [2.45, 2.75) is 0 Å². The molecule has 4 heteroatoms. The van der Waals surface area contributed by atoms with E-state index in [1.165, 1.54) is 6.26 Å². The van der Waals surface area contributed by atoms with Crippen LogP contribution in [-0.2, 0) is 0 Å². The van der Waals surface area contributed by atoms with E-state index >= 15 is 0 Å². The van der Waals surface area contributed by atoms with E-state index in [2.05, 4.69) is 19.6 Å². The lowest BCUT2D eigenvalue weighted by molar-refractivity contribution is 0.418. The van der Waals surface area contributed by atoms with E-state index in [9.17, 15) is 0 Å². The number of aromatic amines is 1. The number of hydrogen-bond acceptors (Lipinski definition) is 3. The summed E-state index contributed by atoms with van der Waals surface area (Å²) in [4.78, 5) is 6.96. The third kappa shape index (κ3) is 1.42. The van der Waals surface area contributed by atoms with Crippen molar-refractivity contribution < 1.29 is 4.52 Å². The molecule has 0 saturated carbocycles. The summed E-state index contributed by atoms with van der Waals surface area (Å²) >= 11 is 0. The summed E-state index contributed by atoms with van der Waals surface area (Å²) in [5, 5.41) is 3.71. The fourth-order valence-electron chi connectivity index (χ4n) is 0.841. The van der Waals surface area contributed by atoms with Gasteiger partial charge in [0.25, 0.3) is 0 Å². The van der Waals surface area contributed by atoms with Gasteiger partial charge in [0.1, 0.15) is 17.8 Å². The van der Waals surface area contributed by atoms with E-state index < -0.39 is 0 Å². The second-order valence-electron chi connectivity index (χ2n) is 2.23. The molecule has 0 saturated heterocycles. The van der Waals surface area contributed by atoms with Gasteiger partial charge in [-0.15, -0.1) is 0 Å². The summed E-state index contributed by atoms with van der Waals surface area (Å²) in [6, 6.07) is 1.78. The highest BCUT2D eigenvalue weighted by Crippen LogP contribution is 2.00. The Labute approximate surface area is 68.9 Å². The minimum Gasteiger partial charge on any atom is -0.364 e. The van der Waals surface area contributed by atoms with E-state index in [1.54, 1.807) is 18.5 Å². The van der Waals surface area contributed by atoms with Crippen LogP contribution in [0.4, 0.5) is 0 Å². The van der Waals surface area contributed by atoms with Crippen LogP contribution in [0.2, 0.25) is 0 Å². The molecule has 0 aliphatic heterocycles. The highest BCUT2D eigenvalue weighted by Gasteiger charge is 1.89. The van der Waals surface area contributed by atoms with Crippen LogP contribution in [0.15, 0.2) is 29.2 Å². The molecule has 4 nitrogen and oxygen atoms in total. The van der Waals surface area contributed by atoms with Gasteiger partial charge in [-0.25, -0.2) is 4.98 Å². The smallest absolute Gasteiger partial charge is 0.130 e. The SMILES string of the molecule is C(=Cc1ncc[nH]1)c1ccon1. The maximum atomic E-state index is 4.65. The van der Waals surface area contributed by atoms with Gasteiger partial charge in [0, 0.05) is 18.5 Å². The molecule has 0 amide bonds. The minimum atomic E-state index is 0.784. The summed E-state index contributed by atoms with van der Waals surface area (Å²) < 4.78 is 4.65. The van der Waals surface area contributed by atoms with Gasteiger partial charge < -0.3 is 9.51 Å². The first kappa shape index (κ1) is 6.84. The topological polar surface area (TPSA) is 54.7 Å². The van der Waals surface area contributed by atoms with Crippen molar-refractivity contribution in [3.8, 4) is 0 Å². The largest absolute Gasteiger partial charge is 0.364 e. The van der Waals surface area contributed by atoms with Crippen LogP contribution in [-0.4, -0.2) is 15.1 Å². The Balaban J connectivity index is 2.14. The number of nitrogens with zero attached hydrogens (tertiary/aromatic N) is 2. The molecule has 2 aromatic rings. The van der Waals surface area contributed by atoms with Crippen molar-refractivity contribution in [2.24, 2.45) is 0 Å². The molecule has 0 atom stereocenters. The number of H-pyrrole nitrogens is 1. The molecule has 0 unspecified atom stereocenters. The summed E-state index contributed by atoms with van der Waals surface area (Å²) in [5.74, 6) is 0.804. The zero-order valence-corrected chi connectivity index (χ0v) is 6.27. The van der Waals surface area contributed by atoms with Gasteiger partial charge in [-0.05, 0) is 12.2 Å². The van der Waals surface area contributed by atoms with Gasteiger partial charge in [0.05, 0.1) is 0 Å². The molecule has 0 spiro atoms. The van der Waals surface area contributed by atoms with Crippen molar-refractivity contribution in [3.63, 3.8) is 0 Å². The first-order chi connectivity index (χ1) is 5.95. The average molecular weight is 161 g/mol. The second kappa shape index (κ2) is 3.04. The Morgan fingerprint density at radius 1 is 1.42 bits per heavy atom. The standard InChI is InChI=1S/C8H7N3O/c1(7-3-6-12-11-7)2-8-9-4-5-10-8/h1-6H,(H,9,10). The van der Waals surface area contributed by atoms with Gasteiger partial charge in [0.15, 0.2) is 0 Å². The normalized spacial score (nSPS) is 11.0. The molecule has 1 N–H and O–H groups in total. The number of imidazole rings is 1. The average Bonchev–Trinajstić information content (AvgIpc) is 2.74. The van der Waals surface area contributed by atoms with E-state index in [4.69, 9.17) is 0 Å². The van der Waals surface area contributed by atoms with E-state index in [-0.39, 0.29) is 0 Å². The van der Waals surface area contributed by atoms with Crippen molar-refractivity contribution in [3.05, 3.63) is 36.2 Å². The predicted octanol–water partition coefficient (Wildman–Crippen LogP) is 1.57. The first-order valence-corrected chi connectivity index (χ1v) is 3.53. The molecule has 2 aromatic heterocycles. The lowest BCUT2D eigenvalue weighted by atomic mass is 10.4. The first-order valence-electron chi connectivity index (χ1n) is 3.53. The number of hydrogen-bond donors (Lipinski definition) is 1. The molecular formula is C8H7N3O. The molecular weight excluding hydrogens is 154 g/mol. The van der Waals surface area contributed by atoms with Crippen LogP contribution < -0.4 is 0 Å². The van der Waals surface area contributed by atoms with E-state index in [0.717, 1.165) is 11.5 Å². The maximum absolute atomic E-state index is 4.65. The highest BCUT2D eigenvalue weighted by molar-refractivity contribution is 5.63. The van der Waals surface area contributed by atoms with Crippen molar-refractivity contribution in [1.82, 2.24) is 15.1 Å². The Morgan fingerprint density at radius 3 is 3.08 bits per heavy atom. The van der Waals surface area contributed by atoms with Crippen LogP contribution in [0, 0.1) is 0 Å². The zero-order chi connectivity index (χ0) is 8.23. The number of aromatic nitrogens is 3. The lowest BCUT2D eigenvalue weighted by Gasteiger charge is -1.80. The predicted molar refractivity (Wildman–Crippen MR) is 44.0 cm³/mol. The molecule has 0 aliphatic carbocycles. The summed E-state index contributed by atoms with van der Waals surface area (Å²) in [5.41, 5.74) is 0.784. The molecule has 2 rings (SSSR count). The third-order valence-electron chi connectivity index (χ3n) is 1.39. The van der Waals surface area contributed by atoms with Gasteiger partial charge in [-0.3, -0.25) is 0 Å². The summed E-state index contributed by atoms with van der Waals surface area (Å²) in [6.07, 6.45) is 8.65. The zero-order valence-electron chi connectivity index (χ0n) is 6.27. The minimum absolute atomic E-state index is 0.784. The van der Waals surface area contributed by atoms with E-state index in [1.807, 2.05) is 12.2 Å². The van der Waals surface area contributed by atoms with Gasteiger partial charge in [-0.2, -0.15) is 0 Å². The van der Waals surface area contributed by atoms with Gasteiger partial charge in [0.2, 0.25) is 0 Å². The second-order valence-corrected chi connectivity index (χ2v) is 2.23. The Hall–Kier alpha value is -1.84. The third-order valence-corrected chi connectivity index (χ3v) is 1.39. The number of rotatable bonds is 2. The quantitative estimate of drug-likeness (QED) is 0.727. The van der Waals surface area contributed by atoms with Crippen LogP contribution >= 0.6 is 0 Å². The lowest BCUT2D eigenvalue weighted by Crippen LogP contribution is -1.73. The number of nitrogens with one attached hydrogen (secondary N) is 1. The Bertz CT molecular complexity index is 311. The molecule has 0 aromatic carbocycles. The molecule has 12 heavy (non-hydrogen) atoms. The summed E-state index contributed by atoms with van der Waals surface area (Å²) in [6.45, 7) is 0. The van der Waals surface area contributed by atoms with Gasteiger partial charge >= 0.3 is 0 Å². The van der Waals surface area contributed by atoms with Crippen LogP contribution in [0.3, 0.4) is 0 Å². The van der Waals surface area contributed by atoms with Crippen molar-refractivity contribution >= 4 is 12.2 Å². The molecule has 0 fully saturated rings. The van der Waals surface area contributed by atoms with Crippen molar-refractivity contribution in [1.29, 1.82) is 0 Å². The summed E-state index contributed by atoms with van der Waals surface area (Å²) in [7, 11) is 0. The highest BCUT2D eigenvalue weighted by atomic mass is 16.5. The Morgan fingerprint density at radius 2 is 2.42 bits per heavy atom. The van der Waals surface area contributed by atoms with E-state index in [0.29, 0.717) is 0 Å².